The Morgan fingerprint density at radius 2 is 1.96 bits per heavy atom. The standard InChI is InChI=1S/C18H16N2O5S2/c21-18(22)14-11-16(17-2-1-9-26-17)19-15-4-3-12(10-13(14)15)27(23,24)20-5-7-25-8-6-20/h1-4,9-11H,5-8H2,(H,21,22). The highest BCUT2D eigenvalue weighted by molar-refractivity contribution is 7.89. The van der Waals surface area contributed by atoms with Gasteiger partial charge < -0.3 is 9.84 Å². The van der Waals surface area contributed by atoms with Gasteiger partial charge in [0.15, 0.2) is 0 Å². The fourth-order valence-corrected chi connectivity index (χ4v) is 5.15. The number of carbonyl (C=O) groups is 1. The minimum absolute atomic E-state index is 0.0300. The largest absolute Gasteiger partial charge is 0.478 e. The number of hydrogen-bond donors (Lipinski definition) is 1. The molecule has 0 radical (unpaired) electrons. The Labute approximate surface area is 159 Å². The molecule has 0 saturated carbocycles. The Morgan fingerprint density at radius 3 is 2.63 bits per heavy atom. The molecule has 1 aliphatic rings. The van der Waals surface area contributed by atoms with Crippen molar-refractivity contribution in [2.75, 3.05) is 26.3 Å². The first kappa shape index (κ1) is 18.1. The fourth-order valence-electron chi connectivity index (χ4n) is 3.03. The van der Waals surface area contributed by atoms with Crippen molar-refractivity contribution < 1.29 is 23.1 Å². The van der Waals surface area contributed by atoms with Crippen LogP contribution >= 0.6 is 11.3 Å². The third kappa shape index (κ3) is 3.34. The molecule has 3 heterocycles. The van der Waals surface area contributed by atoms with Crippen LogP contribution < -0.4 is 0 Å². The second kappa shape index (κ2) is 7.01. The number of thiophene rings is 1. The van der Waals surface area contributed by atoms with Crippen molar-refractivity contribution >= 4 is 38.2 Å². The van der Waals surface area contributed by atoms with E-state index < -0.39 is 16.0 Å². The number of rotatable bonds is 4. The van der Waals surface area contributed by atoms with Crippen LogP contribution in [0.2, 0.25) is 0 Å². The van der Waals surface area contributed by atoms with Gasteiger partial charge in [-0.15, -0.1) is 11.3 Å². The summed E-state index contributed by atoms with van der Waals surface area (Å²) in [5.41, 5.74) is 1.03. The number of aromatic carboxylic acids is 1. The van der Waals surface area contributed by atoms with Crippen molar-refractivity contribution in [2.24, 2.45) is 0 Å². The molecule has 0 unspecified atom stereocenters. The Bertz CT molecular complexity index is 1100. The minimum Gasteiger partial charge on any atom is -0.478 e. The van der Waals surface area contributed by atoms with Gasteiger partial charge in [-0.1, -0.05) is 6.07 Å². The summed E-state index contributed by atoms with van der Waals surface area (Å²) < 4.78 is 32.3. The number of pyridine rings is 1. The SMILES string of the molecule is O=C(O)c1cc(-c2cccs2)nc2ccc(S(=O)(=O)N3CCOCC3)cc12. The Balaban J connectivity index is 1.85. The molecular formula is C18H16N2O5S2. The van der Waals surface area contributed by atoms with Gasteiger partial charge >= 0.3 is 5.97 Å². The summed E-state index contributed by atoms with van der Waals surface area (Å²) in [6.45, 7) is 1.25. The number of ether oxygens (including phenoxy) is 1. The van der Waals surface area contributed by atoms with E-state index in [0.717, 1.165) is 4.88 Å². The Morgan fingerprint density at radius 1 is 1.19 bits per heavy atom. The molecule has 3 aromatic rings. The van der Waals surface area contributed by atoms with Crippen molar-refractivity contribution in [1.29, 1.82) is 0 Å². The average molecular weight is 404 g/mol. The van der Waals surface area contributed by atoms with Gasteiger partial charge in [0.1, 0.15) is 0 Å². The highest BCUT2D eigenvalue weighted by Gasteiger charge is 2.27. The maximum Gasteiger partial charge on any atom is 0.336 e. The Hall–Kier alpha value is -2.33. The van der Waals surface area contributed by atoms with Crippen LogP contribution in [0.3, 0.4) is 0 Å². The van der Waals surface area contributed by atoms with Gasteiger partial charge in [0.2, 0.25) is 10.0 Å². The molecule has 1 aromatic carbocycles. The predicted molar refractivity (Wildman–Crippen MR) is 102 cm³/mol. The van der Waals surface area contributed by atoms with Gasteiger partial charge in [-0.3, -0.25) is 0 Å². The van der Waals surface area contributed by atoms with E-state index >= 15 is 0 Å². The monoisotopic (exact) mass is 404 g/mol. The number of carboxylic acid groups (broad SMARTS) is 1. The number of nitrogens with zero attached hydrogens (tertiary/aromatic N) is 2. The molecule has 1 saturated heterocycles. The molecule has 0 amide bonds. The van der Waals surface area contributed by atoms with Crippen molar-refractivity contribution in [3.63, 3.8) is 0 Å². The summed E-state index contributed by atoms with van der Waals surface area (Å²) >= 11 is 1.46. The molecule has 140 valence electrons. The van der Waals surface area contributed by atoms with Crippen molar-refractivity contribution in [3.05, 3.63) is 47.3 Å². The first-order chi connectivity index (χ1) is 13.0. The summed E-state index contributed by atoms with van der Waals surface area (Å²) in [4.78, 5) is 17.2. The molecule has 27 heavy (non-hydrogen) atoms. The van der Waals surface area contributed by atoms with Crippen LogP contribution in [-0.4, -0.2) is 55.1 Å². The number of benzene rings is 1. The third-order valence-electron chi connectivity index (χ3n) is 4.39. The highest BCUT2D eigenvalue weighted by atomic mass is 32.2. The van der Waals surface area contributed by atoms with Crippen molar-refractivity contribution in [3.8, 4) is 10.6 Å². The van der Waals surface area contributed by atoms with E-state index in [1.807, 2.05) is 17.5 Å². The average Bonchev–Trinajstić information content (AvgIpc) is 3.22. The van der Waals surface area contributed by atoms with Crippen LogP contribution in [0.5, 0.6) is 0 Å². The zero-order chi connectivity index (χ0) is 19.0. The van der Waals surface area contributed by atoms with Crippen LogP contribution in [0.15, 0.2) is 46.7 Å². The number of morpholine rings is 1. The molecule has 0 bridgehead atoms. The maximum absolute atomic E-state index is 12.9. The lowest BCUT2D eigenvalue weighted by Gasteiger charge is -2.26. The zero-order valence-corrected chi connectivity index (χ0v) is 15.8. The van der Waals surface area contributed by atoms with Gasteiger partial charge in [0, 0.05) is 18.5 Å². The highest BCUT2D eigenvalue weighted by Crippen LogP contribution is 2.30. The van der Waals surface area contributed by atoms with Crippen LogP contribution in [0.25, 0.3) is 21.5 Å². The van der Waals surface area contributed by atoms with E-state index in [1.165, 1.54) is 33.8 Å². The molecule has 9 heteroatoms. The molecule has 2 aromatic heterocycles. The Kier molecular flexibility index (Phi) is 4.68. The van der Waals surface area contributed by atoms with Gasteiger partial charge in [0.05, 0.1) is 39.8 Å². The smallest absolute Gasteiger partial charge is 0.336 e. The first-order valence-corrected chi connectivity index (χ1v) is 10.6. The number of carboxylic acids is 1. The molecular weight excluding hydrogens is 388 g/mol. The molecule has 7 nitrogen and oxygen atoms in total. The minimum atomic E-state index is -3.71. The second-order valence-electron chi connectivity index (χ2n) is 6.03. The van der Waals surface area contributed by atoms with Gasteiger partial charge in [0.25, 0.3) is 0 Å². The third-order valence-corrected chi connectivity index (χ3v) is 7.18. The fraction of sp³-hybridized carbons (Fsp3) is 0.222. The van der Waals surface area contributed by atoms with Crippen LogP contribution in [0.4, 0.5) is 0 Å². The lowest BCUT2D eigenvalue weighted by molar-refractivity contribution is 0.0699. The first-order valence-electron chi connectivity index (χ1n) is 8.27. The van der Waals surface area contributed by atoms with E-state index in [-0.39, 0.29) is 23.5 Å². The molecule has 1 N–H and O–H groups in total. The van der Waals surface area contributed by atoms with E-state index in [2.05, 4.69) is 4.98 Å². The summed E-state index contributed by atoms with van der Waals surface area (Å²) in [7, 11) is -3.71. The summed E-state index contributed by atoms with van der Waals surface area (Å²) in [5, 5.41) is 11.8. The van der Waals surface area contributed by atoms with Crippen LogP contribution in [0, 0.1) is 0 Å². The van der Waals surface area contributed by atoms with Gasteiger partial charge in [-0.25, -0.2) is 18.2 Å². The quantitative estimate of drug-likeness (QED) is 0.718. The molecule has 1 fully saturated rings. The number of aromatic nitrogens is 1. The summed E-state index contributed by atoms with van der Waals surface area (Å²) in [6, 6.07) is 9.65. The van der Waals surface area contributed by atoms with Crippen molar-refractivity contribution in [2.45, 2.75) is 4.90 Å². The number of hydrogen-bond acceptors (Lipinski definition) is 6. The maximum atomic E-state index is 12.9. The van der Waals surface area contributed by atoms with E-state index in [1.54, 1.807) is 6.07 Å². The normalized spacial score (nSPS) is 15.9. The number of fused-ring (bicyclic) bond motifs is 1. The summed E-state index contributed by atoms with van der Waals surface area (Å²) in [6.07, 6.45) is 0. The van der Waals surface area contributed by atoms with E-state index in [0.29, 0.717) is 29.8 Å². The van der Waals surface area contributed by atoms with Crippen LogP contribution in [0.1, 0.15) is 10.4 Å². The molecule has 0 spiro atoms. The topological polar surface area (TPSA) is 96.8 Å². The summed E-state index contributed by atoms with van der Waals surface area (Å²) in [5.74, 6) is -1.12. The molecule has 0 atom stereocenters. The van der Waals surface area contributed by atoms with Gasteiger partial charge in [-0.2, -0.15) is 4.31 Å². The number of sulfonamides is 1. The molecule has 1 aliphatic heterocycles. The molecule has 0 aliphatic carbocycles. The van der Waals surface area contributed by atoms with Gasteiger partial charge in [-0.05, 0) is 35.7 Å². The van der Waals surface area contributed by atoms with Crippen molar-refractivity contribution in [1.82, 2.24) is 9.29 Å². The second-order valence-corrected chi connectivity index (χ2v) is 8.92. The predicted octanol–water partition coefficient (Wildman–Crippen LogP) is 2.68. The van der Waals surface area contributed by atoms with E-state index in [9.17, 15) is 18.3 Å². The zero-order valence-electron chi connectivity index (χ0n) is 14.2. The van der Waals surface area contributed by atoms with Crippen LogP contribution in [-0.2, 0) is 14.8 Å². The lowest BCUT2D eigenvalue weighted by Crippen LogP contribution is -2.40. The molecule has 4 rings (SSSR count). The van der Waals surface area contributed by atoms with E-state index in [4.69, 9.17) is 4.74 Å². The lowest BCUT2D eigenvalue weighted by atomic mass is 10.1.